The lowest BCUT2D eigenvalue weighted by molar-refractivity contribution is 0.657. The third-order valence-corrected chi connectivity index (χ3v) is 4.21. The zero-order valence-electron chi connectivity index (χ0n) is 10.3. The molecule has 0 heterocycles. The van der Waals surface area contributed by atoms with Crippen LogP contribution in [0.3, 0.4) is 0 Å². The summed E-state index contributed by atoms with van der Waals surface area (Å²) in [5.41, 5.74) is 6.94. The molecule has 0 radical (unpaired) electrons. The van der Waals surface area contributed by atoms with Gasteiger partial charge in [-0.1, -0.05) is 25.0 Å². The van der Waals surface area contributed by atoms with E-state index < -0.39 is 0 Å². The van der Waals surface area contributed by atoms with E-state index in [2.05, 4.69) is 29.0 Å². The van der Waals surface area contributed by atoms with E-state index in [-0.39, 0.29) is 0 Å². The van der Waals surface area contributed by atoms with Gasteiger partial charge in [0.1, 0.15) is 0 Å². The molecule has 0 unspecified atom stereocenters. The Morgan fingerprint density at radius 1 is 1.29 bits per heavy atom. The van der Waals surface area contributed by atoms with Crippen LogP contribution in [0.5, 0.6) is 0 Å². The minimum absolute atomic E-state index is 0.715. The SMILES string of the molecule is NCCCc1cccc(SNC2CCCC2)c1. The predicted molar refractivity (Wildman–Crippen MR) is 75.1 cm³/mol. The highest BCUT2D eigenvalue weighted by Crippen LogP contribution is 2.23. The second-order valence-electron chi connectivity index (χ2n) is 4.74. The maximum absolute atomic E-state index is 5.54. The summed E-state index contributed by atoms with van der Waals surface area (Å²) in [5, 5.41) is 0. The standard InChI is InChI=1S/C14H22N2S/c15-10-4-6-12-5-3-9-14(11-12)17-16-13-7-1-2-8-13/h3,5,9,11,13,16H,1-2,4,6-8,10,15H2. The van der Waals surface area contributed by atoms with Crippen molar-refractivity contribution in [1.82, 2.24) is 4.72 Å². The molecular weight excluding hydrogens is 228 g/mol. The number of hydrogen-bond donors (Lipinski definition) is 2. The fourth-order valence-corrected chi connectivity index (χ4v) is 3.16. The van der Waals surface area contributed by atoms with Crippen LogP contribution in [0.4, 0.5) is 0 Å². The molecule has 0 saturated heterocycles. The molecule has 0 aliphatic heterocycles. The lowest BCUT2D eigenvalue weighted by Crippen LogP contribution is -2.18. The molecule has 1 aliphatic rings. The lowest BCUT2D eigenvalue weighted by atomic mass is 10.1. The largest absolute Gasteiger partial charge is 0.330 e. The summed E-state index contributed by atoms with van der Waals surface area (Å²) in [5.74, 6) is 0. The van der Waals surface area contributed by atoms with Crippen LogP contribution in [-0.4, -0.2) is 12.6 Å². The van der Waals surface area contributed by atoms with Crippen LogP contribution in [-0.2, 0) is 6.42 Å². The van der Waals surface area contributed by atoms with Gasteiger partial charge in [-0.05, 0) is 61.9 Å². The molecule has 0 atom stereocenters. The van der Waals surface area contributed by atoms with Crippen molar-refractivity contribution in [3.8, 4) is 0 Å². The molecule has 0 aromatic heterocycles. The molecule has 1 aliphatic carbocycles. The van der Waals surface area contributed by atoms with Crippen molar-refractivity contribution in [2.75, 3.05) is 6.54 Å². The van der Waals surface area contributed by atoms with Crippen LogP contribution in [0.1, 0.15) is 37.7 Å². The molecule has 2 rings (SSSR count). The second kappa shape index (κ2) is 7.04. The fraction of sp³-hybridized carbons (Fsp3) is 0.571. The number of benzene rings is 1. The maximum atomic E-state index is 5.54. The van der Waals surface area contributed by atoms with E-state index >= 15 is 0 Å². The van der Waals surface area contributed by atoms with Gasteiger partial charge in [-0.2, -0.15) is 0 Å². The van der Waals surface area contributed by atoms with Crippen LogP contribution in [0, 0.1) is 0 Å². The number of nitrogens with two attached hydrogens (primary N) is 1. The van der Waals surface area contributed by atoms with E-state index in [1.807, 2.05) is 0 Å². The lowest BCUT2D eigenvalue weighted by Gasteiger charge is -2.11. The predicted octanol–water partition coefficient (Wildman–Crippen LogP) is 3.12. The van der Waals surface area contributed by atoms with Gasteiger partial charge in [0, 0.05) is 10.9 Å². The topological polar surface area (TPSA) is 38.0 Å². The fourth-order valence-electron chi connectivity index (χ4n) is 2.27. The Morgan fingerprint density at radius 2 is 2.12 bits per heavy atom. The summed E-state index contributed by atoms with van der Waals surface area (Å²) >= 11 is 1.78. The van der Waals surface area contributed by atoms with E-state index in [0.29, 0.717) is 6.04 Å². The van der Waals surface area contributed by atoms with Gasteiger partial charge in [0.25, 0.3) is 0 Å². The molecule has 3 N–H and O–H groups in total. The number of nitrogens with one attached hydrogen (secondary N) is 1. The van der Waals surface area contributed by atoms with Crippen LogP contribution in [0.2, 0.25) is 0 Å². The first-order chi connectivity index (χ1) is 8.38. The van der Waals surface area contributed by atoms with Gasteiger partial charge in [-0.25, -0.2) is 0 Å². The Hall–Kier alpha value is -0.510. The Kier molecular flexibility index (Phi) is 5.36. The molecule has 17 heavy (non-hydrogen) atoms. The summed E-state index contributed by atoms with van der Waals surface area (Å²) in [6, 6.07) is 9.51. The zero-order valence-corrected chi connectivity index (χ0v) is 11.1. The van der Waals surface area contributed by atoms with Crippen LogP contribution in [0.15, 0.2) is 29.2 Å². The van der Waals surface area contributed by atoms with Gasteiger partial charge >= 0.3 is 0 Å². The highest BCUT2D eigenvalue weighted by atomic mass is 32.2. The van der Waals surface area contributed by atoms with Crippen LogP contribution >= 0.6 is 11.9 Å². The van der Waals surface area contributed by atoms with Crippen LogP contribution < -0.4 is 10.5 Å². The zero-order chi connectivity index (χ0) is 11.9. The Labute approximate surface area is 108 Å². The molecule has 3 heteroatoms. The maximum Gasteiger partial charge on any atom is 0.0230 e. The Balaban J connectivity index is 1.82. The molecule has 1 aromatic rings. The van der Waals surface area contributed by atoms with Crippen molar-refractivity contribution in [2.24, 2.45) is 5.73 Å². The Morgan fingerprint density at radius 3 is 2.88 bits per heavy atom. The smallest absolute Gasteiger partial charge is 0.0230 e. The van der Waals surface area contributed by atoms with E-state index in [1.54, 1.807) is 11.9 Å². The molecule has 94 valence electrons. The average Bonchev–Trinajstić information content (AvgIpc) is 2.87. The summed E-state index contributed by atoms with van der Waals surface area (Å²) in [7, 11) is 0. The van der Waals surface area contributed by atoms with Crippen molar-refractivity contribution >= 4 is 11.9 Å². The molecule has 0 amide bonds. The van der Waals surface area contributed by atoms with Crippen molar-refractivity contribution in [2.45, 2.75) is 49.5 Å². The first-order valence-corrected chi connectivity index (χ1v) is 7.41. The molecule has 1 saturated carbocycles. The normalized spacial score (nSPS) is 16.5. The molecule has 2 nitrogen and oxygen atoms in total. The molecule has 1 fully saturated rings. The first-order valence-electron chi connectivity index (χ1n) is 6.60. The molecule has 1 aromatic carbocycles. The van der Waals surface area contributed by atoms with Gasteiger partial charge in [-0.3, -0.25) is 4.72 Å². The molecule has 0 bridgehead atoms. The van der Waals surface area contributed by atoms with Crippen molar-refractivity contribution < 1.29 is 0 Å². The minimum Gasteiger partial charge on any atom is -0.330 e. The quantitative estimate of drug-likeness (QED) is 0.762. The Bertz CT molecular complexity index is 335. The summed E-state index contributed by atoms with van der Waals surface area (Å²) in [6.07, 6.45) is 7.60. The van der Waals surface area contributed by atoms with Crippen molar-refractivity contribution in [3.63, 3.8) is 0 Å². The number of rotatable bonds is 6. The summed E-state index contributed by atoms with van der Waals surface area (Å²) in [6.45, 7) is 0.775. The van der Waals surface area contributed by atoms with E-state index in [0.717, 1.165) is 19.4 Å². The van der Waals surface area contributed by atoms with Crippen molar-refractivity contribution in [1.29, 1.82) is 0 Å². The molecular formula is C14H22N2S. The second-order valence-corrected chi connectivity index (χ2v) is 5.65. The third kappa shape index (κ3) is 4.34. The van der Waals surface area contributed by atoms with E-state index in [1.165, 1.54) is 36.1 Å². The average molecular weight is 250 g/mol. The van der Waals surface area contributed by atoms with E-state index in [9.17, 15) is 0 Å². The highest BCUT2D eigenvalue weighted by Gasteiger charge is 2.14. The number of aryl methyl sites for hydroxylation is 1. The third-order valence-electron chi connectivity index (χ3n) is 3.27. The first kappa shape index (κ1) is 12.9. The monoisotopic (exact) mass is 250 g/mol. The summed E-state index contributed by atoms with van der Waals surface area (Å²) < 4.78 is 3.57. The number of hydrogen-bond acceptors (Lipinski definition) is 3. The van der Waals surface area contributed by atoms with Gasteiger partial charge < -0.3 is 5.73 Å². The molecule has 0 spiro atoms. The van der Waals surface area contributed by atoms with Gasteiger partial charge in [-0.15, -0.1) is 0 Å². The highest BCUT2D eigenvalue weighted by molar-refractivity contribution is 7.97. The van der Waals surface area contributed by atoms with Crippen LogP contribution in [0.25, 0.3) is 0 Å². The van der Waals surface area contributed by atoms with E-state index in [4.69, 9.17) is 5.73 Å². The van der Waals surface area contributed by atoms with Gasteiger partial charge in [0.05, 0.1) is 0 Å². The minimum atomic E-state index is 0.715. The van der Waals surface area contributed by atoms with Gasteiger partial charge in [0.15, 0.2) is 0 Å². The van der Waals surface area contributed by atoms with Crippen molar-refractivity contribution in [3.05, 3.63) is 29.8 Å². The van der Waals surface area contributed by atoms with Gasteiger partial charge in [0.2, 0.25) is 0 Å². The summed E-state index contributed by atoms with van der Waals surface area (Å²) in [4.78, 5) is 1.33.